The van der Waals surface area contributed by atoms with Gasteiger partial charge in [-0.25, -0.2) is 9.67 Å². The van der Waals surface area contributed by atoms with Crippen molar-refractivity contribution < 1.29 is 14.5 Å². The number of non-ortho nitro benzene ring substituents is 1. The van der Waals surface area contributed by atoms with Crippen LogP contribution in [0.2, 0.25) is 0 Å². The topological polar surface area (TPSA) is 137 Å². The highest BCUT2D eigenvalue weighted by molar-refractivity contribution is 5.94. The van der Waals surface area contributed by atoms with Crippen molar-refractivity contribution in [2.75, 3.05) is 11.9 Å². The number of nitrogens with zero attached hydrogens (tertiary/aromatic N) is 5. The Labute approximate surface area is 175 Å². The van der Waals surface area contributed by atoms with E-state index in [4.69, 9.17) is 0 Å². The van der Waals surface area contributed by atoms with Crippen molar-refractivity contribution in [3.8, 4) is 5.69 Å². The van der Waals surface area contributed by atoms with E-state index >= 15 is 0 Å². The van der Waals surface area contributed by atoms with Crippen LogP contribution in [0.25, 0.3) is 16.6 Å². The number of hydrogen-bond acceptors (Lipinski definition) is 6. The van der Waals surface area contributed by atoms with E-state index in [0.717, 1.165) is 5.69 Å². The molecule has 2 aromatic carbocycles. The molecule has 0 spiro atoms. The Kier molecular flexibility index (Phi) is 5.39. The standard InChI is InChI=1S/C20H17N7O4/c28-19(24-15-1-3-16(4-2-15)26-13-21-12-23-26)10-22-20(29)11-25-8-7-14-9-17(27(30)31)5-6-18(14)25/h1-9,12-13H,10-11H2,(H,22,29)(H,24,28). The van der Waals surface area contributed by atoms with Crippen molar-refractivity contribution in [2.45, 2.75) is 6.54 Å². The van der Waals surface area contributed by atoms with Crippen LogP contribution in [0.1, 0.15) is 0 Å². The number of hydrogen-bond donors (Lipinski definition) is 2. The number of carbonyl (C=O) groups is 2. The van der Waals surface area contributed by atoms with Crippen molar-refractivity contribution in [1.29, 1.82) is 0 Å². The summed E-state index contributed by atoms with van der Waals surface area (Å²) in [5, 5.41) is 20.8. The average Bonchev–Trinajstić information content (AvgIpc) is 3.43. The zero-order chi connectivity index (χ0) is 21.8. The van der Waals surface area contributed by atoms with Crippen LogP contribution in [0.5, 0.6) is 0 Å². The van der Waals surface area contributed by atoms with E-state index in [9.17, 15) is 19.7 Å². The largest absolute Gasteiger partial charge is 0.345 e. The molecule has 0 saturated carbocycles. The van der Waals surface area contributed by atoms with Gasteiger partial charge in [0.05, 0.1) is 17.2 Å². The van der Waals surface area contributed by atoms with E-state index in [0.29, 0.717) is 16.6 Å². The first-order valence-electron chi connectivity index (χ1n) is 9.24. The molecule has 2 N–H and O–H groups in total. The SMILES string of the molecule is O=C(Cn1ccc2cc([N+](=O)[O-])ccc21)NCC(=O)Nc1ccc(-n2cncn2)cc1. The Morgan fingerprint density at radius 3 is 2.58 bits per heavy atom. The monoisotopic (exact) mass is 419 g/mol. The summed E-state index contributed by atoms with van der Waals surface area (Å²) in [4.78, 5) is 38.6. The molecule has 0 radical (unpaired) electrons. The van der Waals surface area contributed by atoms with Crippen LogP contribution in [0.4, 0.5) is 11.4 Å². The predicted octanol–water partition coefficient (Wildman–Crippen LogP) is 1.89. The summed E-state index contributed by atoms with van der Waals surface area (Å²) in [6, 6.07) is 13.1. The fourth-order valence-electron chi connectivity index (χ4n) is 3.07. The number of rotatable bonds is 7. The molecule has 2 amide bonds. The van der Waals surface area contributed by atoms with Gasteiger partial charge in [-0.05, 0) is 36.4 Å². The van der Waals surface area contributed by atoms with E-state index < -0.39 is 4.92 Å². The molecule has 156 valence electrons. The van der Waals surface area contributed by atoms with Crippen molar-refractivity contribution in [1.82, 2.24) is 24.6 Å². The third kappa shape index (κ3) is 4.56. The molecule has 4 aromatic rings. The first kappa shape index (κ1) is 19.8. The Morgan fingerprint density at radius 1 is 1.06 bits per heavy atom. The number of benzene rings is 2. The summed E-state index contributed by atoms with van der Waals surface area (Å²) in [6.07, 6.45) is 4.67. The van der Waals surface area contributed by atoms with Crippen LogP contribution < -0.4 is 10.6 Å². The zero-order valence-electron chi connectivity index (χ0n) is 16.1. The normalized spacial score (nSPS) is 10.7. The number of fused-ring (bicyclic) bond motifs is 1. The first-order chi connectivity index (χ1) is 15.0. The van der Waals surface area contributed by atoms with Crippen molar-refractivity contribution in [3.63, 3.8) is 0 Å². The van der Waals surface area contributed by atoms with Gasteiger partial charge in [0.15, 0.2) is 0 Å². The maximum atomic E-state index is 12.2. The Balaban J connectivity index is 1.30. The molecule has 0 saturated heterocycles. The second-order valence-corrected chi connectivity index (χ2v) is 6.66. The van der Waals surface area contributed by atoms with Crippen LogP contribution >= 0.6 is 0 Å². The van der Waals surface area contributed by atoms with E-state index in [2.05, 4.69) is 20.7 Å². The summed E-state index contributed by atoms with van der Waals surface area (Å²) in [6.45, 7) is -0.199. The molecule has 0 aliphatic rings. The van der Waals surface area contributed by atoms with E-state index in [1.54, 1.807) is 58.2 Å². The van der Waals surface area contributed by atoms with Gasteiger partial charge in [0.25, 0.3) is 5.69 Å². The Bertz CT molecular complexity index is 1250. The molecule has 0 unspecified atom stereocenters. The smallest absolute Gasteiger partial charge is 0.270 e. The summed E-state index contributed by atoms with van der Waals surface area (Å²) in [5.74, 6) is -0.720. The predicted molar refractivity (Wildman–Crippen MR) is 112 cm³/mol. The lowest BCUT2D eigenvalue weighted by atomic mass is 10.2. The quantitative estimate of drug-likeness (QED) is 0.347. The highest BCUT2D eigenvalue weighted by Gasteiger charge is 2.12. The zero-order valence-corrected chi connectivity index (χ0v) is 16.1. The fraction of sp³-hybridized carbons (Fsp3) is 0.100. The summed E-state index contributed by atoms with van der Waals surface area (Å²) in [5.41, 5.74) is 2.06. The van der Waals surface area contributed by atoms with Crippen molar-refractivity contribution >= 4 is 34.1 Å². The van der Waals surface area contributed by atoms with E-state index in [1.807, 2.05) is 0 Å². The molecule has 0 aliphatic heterocycles. The fourth-order valence-corrected chi connectivity index (χ4v) is 3.07. The first-order valence-corrected chi connectivity index (χ1v) is 9.24. The molecule has 11 heteroatoms. The molecule has 4 rings (SSSR count). The third-order valence-corrected chi connectivity index (χ3v) is 4.56. The highest BCUT2D eigenvalue weighted by Crippen LogP contribution is 2.21. The maximum absolute atomic E-state index is 12.2. The van der Waals surface area contributed by atoms with Gasteiger partial charge in [-0.1, -0.05) is 0 Å². The minimum Gasteiger partial charge on any atom is -0.345 e. The molecule has 31 heavy (non-hydrogen) atoms. The van der Waals surface area contributed by atoms with Gasteiger partial charge >= 0.3 is 0 Å². The molecule has 0 bridgehead atoms. The number of carbonyl (C=O) groups excluding carboxylic acids is 2. The molecular formula is C20H17N7O4. The molecule has 0 fully saturated rings. The minimum absolute atomic E-state index is 0.0127. The number of nitrogens with one attached hydrogen (secondary N) is 2. The number of nitro groups is 1. The lowest BCUT2D eigenvalue weighted by Gasteiger charge is -2.09. The highest BCUT2D eigenvalue weighted by atomic mass is 16.6. The Hall–Kier alpha value is -4.54. The molecular weight excluding hydrogens is 402 g/mol. The van der Waals surface area contributed by atoms with E-state index in [-0.39, 0.29) is 30.6 Å². The van der Waals surface area contributed by atoms with Gasteiger partial charge in [0.2, 0.25) is 11.8 Å². The molecule has 11 nitrogen and oxygen atoms in total. The van der Waals surface area contributed by atoms with Gasteiger partial charge in [0, 0.05) is 34.9 Å². The van der Waals surface area contributed by atoms with Gasteiger partial charge in [0.1, 0.15) is 19.2 Å². The second-order valence-electron chi connectivity index (χ2n) is 6.66. The van der Waals surface area contributed by atoms with Gasteiger partial charge in [-0.2, -0.15) is 5.10 Å². The third-order valence-electron chi connectivity index (χ3n) is 4.56. The number of amides is 2. The van der Waals surface area contributed by atoms with Crippen LogP contribution in [-0.2, 0) is 16.1 Å². The molecule has 0 atom stereocenters. The number of nitro benzene ring substituents is 1. The van der Waals surface area contributed by atoms with Crippen molar-refractivity contribution in [3.05, 3.63) is 77.5 Å². The maximum Gasteiger partial charge on any atom is 0.270 e. The van der Waals surface area contributed by atoms with Crippen molar-refractivity contribution in [2.24, 2.45) is 0 Å². The van der Waals surface area contributed by atoms with Crippen LogP contribution in [-0.4, -0.2) is 42.6 Å². The van der Waals surface area contributed by atoms with Crippen LogP contribution in [0.3, 0.4) is 0 Å². The van der Waals surface area contributed by atoms with Gasteiger partial charge < -0.3 is 15.2 Å². The summed E-state index contributed by atoms with van der Waals surface area (Å²) >= 11 is 0. The summed E-state index contributed by atoms with van der Waals surface area (Å²) in [7, 11) is 0. The molecule has 0 aliphatic carbocycles. The van der Waals surface area contributed by atoms with E-state index in [1.165, 1.54) is 18.5 Å². The lowest BCUT2D eigenvalue weighted by molar-refractivity contribution is -0.384. The molecule has 2 aromatic heterocycles. The minimum atomic E-state index is -0.468. The average molecular weight is 419 g/mol. The Morgan fingerprint density at radius 2 is 1.87 bits per heavy atom. The number of aromatic nitrogens is 4. The van der Waals surface area contributed by atoms with Crippen LogP contribution in [0.15, 0.2) is 67.4 Å². The van der Waals surface area contributed by atoms with Gasteiger partial charge in [-0.3, -0.25) is 19.7 Å². The molecule has 2 heterocycles. The van der Waals surface area contributed by atoms with Crippen LogP contribution in [0, 0.1) is 10.1 Å². The second kappa shape index (κ2) is 8.45. The lowest BCUT2D eigenvalue weighted by Crippen LogP contribution is -2.34. The summed E-state index contributed by atoms with van der Waals surface area (Å²) < 4.78 is 3.25. The number of anilines is 1. The van der Waals surface area contributed by atoms with Gasteiger partial charge in [-0.15, -0.1) is 0 Å².